The number of hydrogen-bond acceptors (Lipinski definition) is 6. The Morgan fingerprint density at radius 3 is 2.88 bits per heavy atom. The van der Waals surface area contributed by atoms with Gasteiger partial charge in [-0.25, -0.2) is 4.79 Å². The minimum Gasteiger partial charge on any atom is -0.463 e. The summed E-state index contributed by atoms with van der Waals surface area (Å²) in [6.45, 7) is 2.46. The fraction of sp³-hybridized carbons (Fsp3) is 0.800. The summed E-state index contributed by atoms with van der Waals surface area (Å²) in [6, 6.07) is 0. The largest absolute Gasteiger partial charge is 0.463 e. The van der Waals surface area contributed by atoms with Crippen LogP contribution in [0.4, 0.5) is 0 Å². The smallest absolute Gasteiger partial charge is 0.347 e. The summed E-state index contributed by atoms with van der Waals surface area (Å²) < 4.78 is 10.0. The Morgan fingerprint density at radius 2 is 2.29 bits per heavy atom. The van der Waals surface area contributed by atoms with Crippen molar-refractivity contribution < 1.29 is 19.4 Å². The summed E-state index contributed by atoms with van der Waals surface area (Å²) in [7, 11) is 0. The summed E-state index contributed by atoms with van der Waals surface area (Å²) in [5.41, 5.74) is 0. The fourth-order valence-corrected chi connectivity index (χ4v) is 1.41. The standard InChI is InChI=1S/C10H19NO4S2/c1-8(9(13)14-6-3-5-12)15-10(16)11-4-7-17-2/h8,12H,3-7H2,1-2H3,(H,11,16). The minimum absolute atomic E-state index is 0.00281. The molecule has 5 nitrogen and oxygen atoms in total. The molecule has 1 atom stereocenters. The van der Waals surface area contributed by atoms with Gasteiger partial charge < -0.3 is 19.9 Å². The first-order valence-corrected chi connectivity index (χ1v) is 7.13. The van der Waals surface area contributed by atoms with E-state index in [9.17, 15) is 4.79 Å². The summed E-state index contributed by atoms with van der Waals surface area (Å²) in [5.74, 6) is 0.436. The lowest BCUT2D eigenvalue weighted by molar-refractivity contribution is -0.151. The zero-order chi connectivity index (χ0) is 13.1. The Balaban J connectivity index is 3.71. The zero-order valence-corrected chi connectivity index (χ0v) is 11.7. The molecule has 0 spiro atoms. The first kappa shape index (κ1) is 16.5. The molecule has 0 radical (unpaired) electrons. The predicted octanol–water partition coefficient (Wildman–Crippen LogP) is 0.555. The van der Waals surface area contributed by atoms with E-state index in [0.717, 1.165) is 5.75 Å². The first-order valence-electron chi connectivity index (χ1n) is 5.32. The van der Waals surface area contributed by atoms with E-state index in [1.807, 2.05) is 6.26 Å². The molecule has 17 heavy (non-hydrogen) atoms. The van der Waals surface area contributed by atoms with Gasteiger partial charge in [0.1, 0.15) is 0 Å². The van der Waals surface area contributed by atoms with Crippen LogP contribution in [0.15, 0.2) is 0 Å². The molecule has 0 rings (SSSR count). The molecule has 0 aliphatic rings. The van der Waals surface area contributed by atoms with Crippen molar-refractivity contribution in [3.05, 3.63) is 0 Å². The second kappa shape index (κ2) is 10.6. The van der Waals surface area contributed by atoms with Crippen LogP contribution in [-0.2, 0) is 14.3 Å². The van der Waals surface area contributed by atoms with Gasteiger partial charge in [0, 0.05) is 25.3 Å². The molecule has 0 saturated carbocycles. The van der Waals surface area contributed by atoms with Crippen molar-refractivity contribution in [2.75, 3.05) is 31.8 Å². The van der Waals surface area contributed by atoms with Crippen LogP contribution < -0.4 is 5.32 Å². The summed E-state index contributed by atoms with van der Waals surface area (Å²) in [5, 5.41) is 11.6. The molecule has 0 heterocycles. The molecule has 0 fully saturated rings. The quantitative estimate of drug-likeness (QED) is 0.383. The number of nitrogens with one attached hydrogen (secondary N) is 1. The van der Waals surface area contributed by atoms with Crippen LogP contribution in [0, 0.1) is 0 Å². The molecular formula is C10H19NO4S2. The first-order chi connectivity index (χ1) is 8.11. The van der Waals surface area contributed by atoms with Crippen molar-refractivity contribution >= 4 is 35.1 Å². The van der Waals surface area contributed by atoms with Crippen LogP contribution in [0.1, 0.15) is 13.3 Å². The van der Waals surface area contributed by atoms with Crippen molar-refractivity contribution in [3.63, 3.8) is 0 Å². The van der Waals surface area contributed by atoms with Gasteiger partial charge in [0.2, 0.25) is 0 Å². The number of carbonyl (C=O) groups excluding carboxylic acids is 1. The third-order valence-electron chi connectivity index (χ3n) is 1.74. The lowest BCUT2D eigenvalue weighted by atomic mass is 10.4. The van der Waals surface area contributed by atoms with Gasteiger partial charge >= 0.3 is 5.97 Å². The maximum atomic E-state index is 11.4. The molecule has 0 aromatic carbocycles. The van der Waals surface area contributed by atoms with Crippen LogP contribution >= 0.6 is 24.0 Å². The van der Waals surface area contributed by atoms with Gasteiger partial charge in [-0.2, -0.15) is 11.8 Å². The van der Waals surface area contributed by atoms with Gasteiger partial charge in [0.05, 0.1) is 6.61 Å². The van der Waals surface area contributed by atoms with Crippen molar-refractivity contribution in [2.24, 2.45) is 0 Å². The highest BCUT2D eigenvalue weighted by Crippen LogP contribution is 1.97. The molecule has 0 aromatic heterocycles. The lowest BCUT2D eigenvalue weighted by Gasteiger charge is -2.15. The Hall–Kier alpha value is -0.530. The van der Waals surface area contributed by atoms with Crippen molar-refractivity contribution in [1.82, 2.24) is 5.32 Å². The molecule has 7 heteroatoms. The Kier molecular flexibility index (Phi) is 10.3. The SMILES string of the molecule is CSCCNC(=S)OC(C)C(=O)OCCCO. The van der Waals surface area contributed by atoms with E-state index in [1.165, 1.54) is 0 Å². The highest BCUT2D eigenvalue weighted by molar-refractivity contribution is 7.98. The molecule has 0 saturated heterocycles. The van der Waals surface area contributed by atoms with E-state index in [1.54, 1.807) is 18.7 Å². The maximum absolute atomic E-state index is 11.4. The van der Waals surface area contributed by atoms with E-state index in [-0.39, 0.29) is 18.4 Å². The van der Waals surface area contributed by atoms with Crippen molar-refractivity contribution in [2.45, 2.75) is 19.4 Å². The van der Waals surface area contributed by atoms with Gasteiger partial charge in [-0.15, -0.1) is 0 Å². The molecule has 100 valence electrons. The van der Waals surface area contributed by atoms with E-state index in [0.29, 0.717) is 13.0 Å². The average molecular weight is 281 g/mol. The maximum Gasteiger partial charge on any atom is 0.347 e. The lowest BCUT2D eigenvalue weighted by Crippen LogP contribution is -2.33. The molecular weight excluding hydrogens is 262 g/mol. The highest BCUT2D eigenvalue weighted by Gasteiger charge is 2.16. The molecule has 0 aromatic rings. The van der Waals surface area contributed by atoms with Gasteiger partial charge in [-0.05, 0) is 25.4 Å². The van der Waals surface area contributed by atoms with Crippen molar-refractivity contribution in [1.29, 1.82) is 0 Å². The van der Waals surface area contributed by atoms with Crippen LogP contribution in [0.2, 0.25) is 0 Å². The number of esters is 1. The van der Waals surface area contributed by atoms with Crippen LogP contribution in [0.25, 0.3) is 0 Å². The number of aliphatic hydroxyl groups is 1. The molecule has 0 aliphatic heterocycles. The zero-order valence-electron chi connectivity index (χ0n) is 10.1. The van der Waals surface area contributed by atoms with E-state index >= 15 is 0 Å². The molecule has 0 amide bonds. The number of thioether (sulfide) groups is 1. The summed E-state index contributed by atoms with van der Waals surface area (Å²) >= 11 is 6.60. The molecule has 2 N–H and O–H groups in total. The van der Waals surface area contributed by atoms with Gasteiger partial charge in [-0.1, -0.05) is 0 Å². The molecule has 0 aliphatic carbocycles. The second-order valence-corrected chi connectivity index (χ2v) is 4.57. The minimum atomic E-state index is -0.733. The number of rotatable bonds is 8. The van der Waals surface area contributed by atoms with E-state index < -0.39 is 12.1 Å². The monoisotopic (exact) mass is 281 g/mol. The number of aliphatic hydroxyl groups excluding tert-OH is 1. The molecule has 0 bridgehead atoms. The Labute approximate surface area is 111 Å². The molecule has 1 unspecified atom stereocenters. The topological polar surface area (TPSA) is 67.8 Å². The van der Waals surface area contributed by atoms with Crippen molar-refractivity contribution in [3.8, 4) is 0 Å². The summed E-state index contributed by atoms with van der Waals surface area (Å²) in [6.07, 6.45) is 1.68. The number of hydrogen-bond donors (Lipinski definition) is 2. The average Bonchev–Trinajstić information content (AvgIpc) is 2.29. The van der Waals surface area contributed by atoms with Gasteiger partial charge in [0.25, 0.3) is 5.17 Å². The third-order valence-corrected chi connectivity index (χ3v) is 2.59. The van der Waals surface area contributed by atoms with Crippen LogP contribution in [-0.4, -0.2) is 54.1 Å². The Morgan fingerprint density at radius 1 is 1.59 bits per heavy atom. The van der Waals surface area contributed by atoms with Gasteiger partial charge in [-0.3, -0.25) is 0 Å². The van der Waals surface area contributed by atoms with Crippen LogP contribution in [0.5, 0.6) is 0 Å². The fourth-order valence-electron chi connectivity index (χ4n) is 0.860. The van der Waals surface area contributed by atoms with E-state index in [2.05, 4.69) is 5.32 Å². The predicted molar refractivity (Wildman–Crippen MR) is 72.2 cm³/mol. The number of thiocarbonyl (C=S) groups is 1. The van der Waals surface area contributed by atoms with Crippen LogP contribution in [0.3, 0.4) is 0 Å². The highest BCUT2D eigenvalue weighted by atomic mass is 32.2. The normalized spacial score (nSPS) is 11.7. The Bertz CT molecular complexity index is 238. The number of carbonyl (C=O) groups is 1. The summed E-state index contributed by atoms with van der Waals surface area (Å²) in [4.78, 5) is 11.4. The third kappa shape index (κ3) is 9.20. The number of ether oxygens (including phenoxy) is 2. The van der Waals surface area contributed by atoms with E-state index in [4.69, 9.17) is 26.8 Å². The second-order valence-electron chi connectivity index (χ2n) is 3.21. The van der Waals surface area contributed by atoms with Gasteiger partial charge in [0.15, 0.2) is 6.10 Å².